The first-order valence-corrected chi connectivity index (χ1v) is 16.5. The lowest BCUT2D eigenvalue weighted by molar-refractivity contribution is -0.127. The zero-order valence-electron chi connectivity index (χ0n) is 23.5. The smallest absolute Gasteiger partial charge is 0.259 e. The number of hydrogen-bond acceptors (Lipinski definition) is 9. The van der Waals surface area contributed by atoms with Crippen molar-refractivity contribution in [1.29, 1.82) is 0 Å². The molecule has 0 aliphatic carbocycles. The first-order chi connectivity index (χ1) is 20.8. The molecule has 1 aromatic heterocycles. The highest BCUT2D eigenvalue weighted by Crippen LogP contribution is 2.50. The number of benzene rings is 3. The number of aryl methyl sites for hydroxylation is 1. The number of aliphatic imine (C=N–C) groups is 1. The molecule has 1 N–H and O–H groups in total. The van der Waals surface area contributed by atoms with E-state index in [-0.39, 0.29) is 42.0 Å². The molecule has 0 saturated heterocycles. The van der Waals surface area contributed by atoms with E-state index in [1.54, 1.807) is 59.5 Å². The van der Waals surface area contributed by atoms with Crippen LogP contribution in [0.1, 0.15) is 40.8 Å². The van der Waals surface area contributed by atoms with Gasteiger partial charge in [0.2, 0.25) is 5.90 Å². The number of hydrogen-bond donors (Lipinski definition) is 1. The van der Waals surface area contributed by atoms with Crippen molar-refractivity contribution < 1.29 is 27.8 Å². The fourth-order valence-corrected chi connectivity index (χ4v) is 7.46. The molecule has 0 radical (unpaired) electrons. The molecule has 0 fully saturated rings. The summed E-state index contributed by atoms with van der Waals surface area (Å²) in [7, 11) is -3.72. The summed E-state index contributed by atoms with van der Waals surface area (Å²) in [6.45, 7) is 2.57. The van der Waals surface area contributed by atoms with Crippen molar-refractivity contribution in [3.8, 4) is 5.75 Å². The van der Waals surface area contributed by atoms with Crippen LogP contribution in [-0.2, 0) is 25.9 Å². The van der Waals surface area contributed by atoms with E-state index in [9.17, 15) is 13.2 Å². The molecule has 4 aromatic rings. The summed E-state index contributed by atoms with van der Waals surface area (Å²) in [4.78, 5) is 26.0. The van der Waals surface area contributed by atoms with Crippen LogP contribution >= 0.6 is 11.3 Å². The van der Waals surface area contributed by atoms with Crippen molar-refractivity contribution in [2.24, 2.45) is 4.99 Å². The Bertz CT molecular complexity index is 1760. The van der Waals surface area contributed by atoms with E-state index < -0.39 is 21.5 Å². The summed E-state index contributed by atoms with van der Waals surface area (Å²) < 4.78 is 39.0. The van der Waals surface area contributed by atoms with Crippen LogP contribution < -0.4 is 9.64 Å². The maximum atomic E-state index is 14.6. The summed E-state index contributed by atoms with van der Waals surface area (Å²) in [6.07, 6.45) is -0.363. The molecule has 1 amide bonds. The number of aliphatic hydroxyl groups is 1. The third kappa shape index (κ3) is 5.67. The van der Waals surface area contributed by atoms with Gasteiger partial charge in [0.15, 0.2) is 21.5 Å². The monoisotopic (exact) mass is 617 g/mol. The lowest BCUT2D eigenvalue weighted by Crippen LogP contribution is -2.54. The molecular formula is C32H31N3O6S2. The second-order valence-electron chi connectivity index (χ2n) is 10.5. The van der Waals surface area contributed by atoms with Crippen molar-refractivity contribution in [1.82, 2.24) is 4.98 Å². The van der Waals surface area contributed by atoms with E-state index in [1.807, 2.05) is 36.6 Å². The van der Waals surface area contributed by atoms with Gasteiger partial charge in [0.1, 0.15) is 5.75 Å². The highest BCUT2D eigenvalue weighted by atomic mass is 32.2. The van der Waals surface area contributed by atoms with E-state index in [0.29, 0.717) is 30.0 Å². The second-order valence-corrected chi connectivity index (χ2v) is 13.7. The molecule has 2 aliphatic rings. The molecule has 43 heavy (non-hydrogen) atoms. The molecule has 2 aliphatic heterocycles. The number of amides is 1. The predicted molar refractivity (Wildman–Crippen MR) is 164 cm³/mol. The van der Waals surface area contributed by atoms with Gasteiger partial charge in [-0.3, -0.25) is 4.79 Å². The second kappa shape index (κ2) is 11.9. The quantitative estimate of drug-likeness (QED) is 0.238. The van der Waals surface area contributed by atoms with Crippen molar-refractivity contribution in [3.63, 3.8) is 0 Å². The number of anilines is 1. The Morgan fingerprint density at radius 1 is 1.05 bits per heavy atom. The van der Waals surface area contributed by atoms with E-state index >= 15 is 0 Å². The van der Waals surface area contributed by atoms with Crippen LogP contribution in [0.3, 0.4) is 0 Å². The largest absolute Gasteiger partial charge is 0.494 e. The Balaban J connectivity index is 1.41. The van der Waals surface area contributed by atoms with E-state index in [0.717, 1.165) is 16.3 Å². The molecule has 3 aromatic carbocycles. The molecule has 0 unspecified atom stereocenters. The SMILES string of the molecule is Cc1nc(CN2C(=O)[C@]3(CCS(=O)(=O)c4ccccc4)N=C(c4ccc(OCCCO)cc4)O[C@@H]3c3ccccc32)cs1. The summed E-state index contributed by atoms with van der Waals surface area (Å²) in [5.41, 5.74) is 1.33. The zero-order valence-corrected chi connectivity index (χ0v) is 25.2. The van der Waals surface area contributed by atoms with Gasteiger partial charge in [-0.2, -0.15) is 0 Å². The molecule has 222 valence electrons. The number of aliphatic hydroxyl groups excluding tert-OH is 1. The zero-order chi connectivity index (χ0) is 30.0. The lowest BCUT2D eigenvalue weighted by atomic mass is 9.80. The van der Waals surface area contributed by atoms with Crippen LogP contribution in [-0.4, -0.2) is 54.8 Å². The Kier molecular flexibility index (Phi) is 8.04. The third-order valence-corrected chi connectivity index (χ3v) is 10.2. The van der Waals surface area contributed by atoms with Crippen molar-refractivity contribution in [2.75, 3.05) is 23.9 Å². The maximum absolute atomic E-state index is 14.6. The standard InChI is InChI=1S/C32H31N3O6S2/c1-22-33-24(21-42-22)20-35-28-11-6-5-10-27(28)29-32(31(35)37,16-19-43(38,39)26-8-3-2-4-9-26)34-30(41-29)23-12-14-25(15-13-23)40-18-7-17-36/h2-6,8-15,21,29,36H,7,16-20H2,1H3/t29-,32-/m1/s1. The highest BCUT2D eigenvalue weighted by Gasteiger charge is 2.59. The molecule has 6 rings (SSSR count). The topological polar surface area (TPSA) is 118 Å². The molecule has 0 spiro atoms. The van der Waals surface area contributed by atoms with Gasteiger partial charge >= 0.3 is 0 Å². The number of carbonyl (C=O) groups excluding carboxylic acids is 1. The Hall–Kier alpha value is -4.06. The van der Waals surface area contributed by atoms with Gasteiger partial charge in [-0.15, -0.1) is 11.3 Å². The average molecular weight is 618 g/mol. The lowest BCUT2D eigenvalue weighted by Gasteiger charge is -2.41. The number of ether oxygens (including phenoxy) is 2. The number of sulfone groups is 1. The third-order valence-electron chi connectivity index (χ3n) is 7.60. The predicted octanol–water partition coefficient (Wildman–Crippen LogP) is 4.88. The molecule has 0 saturated carbocycles. The fraction of sp³-hybridized carbons (Fsp3) is 0.281. The minimum absolute atomic E-state index is 0.0425. The van der Waals surface area contributed by atoms with Gasteiger partial charge in [-0.25, -0.2) is 18.4 Å². The summed E-state index contributed by atoms with van der Waals surface area (Å²) in [5, 5.41) is 11.8. The van der Waals surface area contributed by atoms with Crippen molar-refractivity contribution in [3.05, 3.63) is 106 Å². The van der Waals surface area contributed by atoms with Gasteiger partial charge < -0.3 is 19.5 Å². The van der Waals surface area contributed by atoms with Gasteiger partial charge in [0.05, 0.1) is 40.2 Å². The maximum Gasteiger partial charge on any atom is 0.259 e. The first-order valence-electron chi connectivity index (χ1n) is 14.0. The van der Waals surface area contributed by atoms with Crippen molar-refractivity contribution >= 4 is 38.7 Å². The summed E-state index contributed by atoms with van der Waals surface area (Å²) in [5.74, 6) is 0.272. The summed E-state index contributed by atoms with van der Waals surface area (Å²) >= 11 is 1.51. The Morgan fingerprint density at radius 2 is 1.79 bits per heavy atom. The molecule has 9 nitrogen and oxygen atoms in total. The van der Waals surface area contributed by atoms with Gasteiger partial charge in [-0.1, -0.05) is 36.4 Å². The fourth-order valence-electron chi connectivity index (χ4n) is 5.46. The Morgan fingerprint density at radius 3 is 2.51 bits per heavy atom. The first kappa shape index (κ1) is 29.0. The molecule has 2 atom stereocenters. The van der Waals surface area contributed by atoms with Crippen LogP contribution in [0.4, 0.5) is 5.69 Å². The van der Waals surface area contributed by atoms with Crippen molar-refractivity contribution in [2.45, 2.75) is 42.8 Å². The van der Waals surface area contributed by atoms with Gasteiger partial charge in [0, 0.05) is 36.0 Å². The highest BCUT2D eigenvalue weighted by molar-refractivity contribution is 7.91. The number of aromatic nitrogens is 1. The molecule has 3 heterocycles. The summed E-state index contributed by atoms with van der Waals surface area (Å²) in [6, 6.07) is 22.9. The molecule has 11 heteroatoms. The normalized spacial score (nSPS) is 19.4. The number of fused-ring (bicyclic) bond motifs is 3. The number of carbonyl (C=O) groups is 1. The molecule has 0 bridgehead atoms. The average Bonchev–Trinajstić information content (AvgIpc) is 3.63. The van der Waals surface area contributed by atoms with Gasteiger partial charge in [-0.05, 0) is 49.4 Å². The van der Waals surface area contributed by atoms with E-state index in [4.69, 9.17) is 19.6 Å². The van der Waals surface area contributed by atoms with Crippen LogP contribution in [0.25, 0.3) is 0 Å². The molecular weight excluding hydrogens is 587 g/mol. The number of para-hydroxylation sites is 1. The van der Waals surface area contributed by atoms with Crippen LogP contribution in [0, 0.1) is 6.92 Å². The number of thiazole rings is 1. The van der Waals surface area contributed by atoms with Crippen LogP contribution in [0.15, 0.2) is 94.1 Å². The Labute approximate surface area is 254 Å². The minimum Gasteiger partial charge on any atom is -0.494 e. The number of rotatable bonds is 11. The van der Waals surface area contributed by atoms with E-state index in [1.165, 1.54) is 11.3 Å². The van der Waals surface area contributed by atoms with Crippen LogP contribution in [0.5, 0.6) is 5.75 Å². The van der Waals surface area contributed by atoms with Gasteiger partial charge in [0.25, 0.3) is 5.91 Å². The number of nitrogens with zero attached hydrogens (tertiary/aromatic N) is 3. The minimum atomic E-state index is -3.72. The van der Waals surface area contributed by atoms with E-state index in [2.05, 4.69) is 4.98 Å². The van der Waals surface area contributed by atoms with Crippen LogP contribution in [0.2, 0.25) is 0 Å².